The van der Waals surface area contributed by atoms with Crippen molar-refractivity contribution in [3.05, 3.63) is 52.1 Å². The van der Waals surface area contributed by atoms with Crippen LogP contribution in [0, 0.1) is 36.5 Å². The van der Waals surface area contributed by atoms with E-state index in [9.17, 15) is 10.5 Å². The van der Waals surface area contributed by atoms with Gasteiger partial charge in [0.15, 0.2) is 29.8 Å². The highest BCUT2D eigenvalue weighted by molar-refractivity contribution is 5.66. The molecule has 42 heavy (non-hydrogen) atoms. The van der Waals surface area contributed by atoms with Crippen molar-refractivity contribution in [2.45, 2.75) is 63.3 Å². The van der Waals surface area contributed by atoms with Gasteiger partial charge < -0.3 is 28.4 Å². The van der Waals surface area contributed by atoms with Crippen molar-refractivity contribution in [3.63, 3.8) is 0 Å². The van der Waals surface area contributed by atoms with Crippen LogP contribution in [0.2, 0.25) is 0 Å². The molecule has 2 aromatic rings. The molecule has 0 saturated carbocycles. The van der Waals surface area contributed by atoms with Gasteiger partial charge in [0.25, 0.3) is 0 Å². The Morgan fingerprint density at radius 2 is 1.83 bits per heavy atom. The summed E-state index contributed by atoms with van der Waals surface area (Å²) in [5.41, 5.74) is 5.86. The van der Waals surface area contributed by atoms with Crippen molar-refractivity contribution >= 4 is 0 Å². The molecule has 10 heteroatoms. The molecule has 1 unspecified atom stereocenters. The first kappa shape index (κ1) is 28.2. The molecule has 10 nitrogen and oxygen atoms in total. The SMILES string of the molecule is C=CCOc1c(C)c2c(c3c1CC1[C@@H]4c5c(cc(C)c(OC)c5OCOC)C[C@H]([C@H](C#N)N1[C@H]3CC#N)N4C)OCO2. The summed E-state index contributed by atoms with van der Waals surface area (Å²) in [6, 6.07) is 5.92. The minimum absolute atomic E-state index is 0.0728. The minimum Gasteiger partial charge on any atom is -0.493 e. The fourth-order valence-electron chi connectivity index (χ4n) is 7.69. The first-order chi connectivity index (χ1) is 20.4. The van der Waals surface area contributed by atoms with Gasteiger partial charge in [-0.1, -0.05) is 18.7 Å². The van der Waals surface area contributed by atoms with E-state index in [1.54, 1.807) is 20.3 Å². The van der Waals surface area contributed by atoms with Gasteiger partial charge in [-0.05, 0) is 44.9 Å². The molecule has 220 valence electrons. The van der Waals surface area contributed by atoms with Crippen LogP contribution in [0.5, 0.6) is 28.7 Å². The summed E-state index contributed by atoms with van der Waals surface area (Å²) < 4.78 is 35.7. The van der Waals surface area contributed by atoms with Gasteiger partial charge >= 0.3 is 0 Å². The summed E-state index contributed by atoms with van der Waals surface area (Å²) >= 11 is 0. The van der Waals surface area contributed by atoms with Gasteiger partial charge in [-0.15, -0.1) is 0 Å². The molecular weight excluding hydrogens is 536 g/mol. The molecular formula is C32H36N4O6. The maximum atomic E-state index is 10.7. The Hall–Kier alpha value is -3.96. The van der Waals surface area contributed by atoms with Gasteiger partial charge in [0.2, 0.25) is 6.79 Å². The summed E-state index contributed by atoms with van der Waals surface area (Å²) in [7, 11) is 5.33. The van der Waals surface area contributed by atoms with Crippen LogP contribution in [0.1, 0.15) is 51.9 Å². The van der Waals surface area contributed by atoms with Crippen LogP contribution in [0.15, 0.2) is 18.7 Å². The van der Waals surface area contributed by atoms with Crippen LogP contribution in [0.25, 0.3) is 0 Å². The van der Waals surface area contributed by atoms with Crippen LogP contribution in [-0.4, -0.2) is 69.4 Å². The van der Waals surface area contributed by atoms with Crippen molar-refractivity contribution in [3.8, 4) is 40.9 Å². The lowest BCUT2D eigenvalue weighted by Gasteiger charge is -2.59. The van der Waals surface area contributed by atoms with Gasteiger partial charge in [0, 0.05) is 41.4 Å². The van der Waals surface area contributed by atoms with Gasteiger partial charge in [-0.2, -0.15) is 10.5 Å². The van der Waals surface area contributed by atoms with Crippen molar-refractivity contribution < 1.29 is 28.4 Å². The number of aryl methyl sites for hydroxylation is 1. The quantitative estimate of drug-likeness (QED) is 0.336. The normalized spacial score (nSPS) is 25.4. The molecule has 5 atom stereocenters. The van der Waals surface area contributed by atoms with Crippen molar-refractivity contribution in [1.29, 1.82) is 10.5 Å². The number of methoxy groups -OCH3 is 2. The Bertz CT molecular complexity index is 1510. The van der Waals surface area contributed by atoms with E-state index in [2.05, 4.69) is 41.6 Å². The Kier molecular flexibility index (Phi) is 7.40. The third-order valence-electron chi connectivity index (χ3n) is 9.20. The topological polar surface area (TPSA) is 109 Å². The van der Waals surface area contributed by atoms with E-state index < -0.39 is 12.1 Å². The number of likely N-dealkylation sites (N-methyl/N-ethyl adjacent to an activating group) is 1. The summed E-state index contributed by atoms with van der Waals surface area (Å²) in [6.45, 7) is 8.32. The molecule has 0 N–H and O–H groups in total. The van der Waals surface area contributed by atoms with Crippen LogP contribution in [-0.2, 0) is 17.6 Å². The van der Waals surface area contributed by atoms with E-state index in [0.29, 0.717) is 42.4 Å². The standard InChI is InChI=1S/C32H36N4O6/c1-7-10-39-29-18(3)30-32(42-16-41-30)26-20(29)13-23-27-25-19(11-17(2)28(38-6)31(25)40-15-37-5)12-22(35(27)4)24(14-34)36(23)21(26)8-9-33/h7,11,21-24,27H,1,8,10,12-13,15-16H2,2-6H3/t21-,22+,23?,24-,27+/m0/s1. The second-order valence-electron chi connectivity index (χ2n) is 11.2. The van der Waals surface area contributed by atoms with E-state index in [-0.39, 0.29) is 38.1 Å². The predicted molar refractivity (Wildman–Crippen MR) is 153 cm³/mol. The van der Waals surface area contributed by atoms with Crippen molar-refractivity contribution in [2.75, 3.05) is 41.5 Å². The average Bonchev–Trinajstić information content (AvgIpc) is 3.47. The second-order valence-corrected chi connectivity index (χ2v) is 11.2. The molecule has 0 aromatic heterocycles. The molecule has 4 heterocycles. The zero-order valence-electron chi connectivity index (χ0n) is 24.7. The van der Waals surface area contributed by atoms with Crippen LogP contribution in [0.4, 0.5) is 0 Å². The Morgan fingerprint density at radius 1 is 1.05 bits per heavy atom. The molecule has 0 aliphatic carbocycles. The summed E-state index contributed by atoms with van der Waals surface area (Å²) in [5.74, 6) is 3.34. The average molecular weight is 573 g/mol. The summed E-state index contributed by atoms with van der Waals surface area (Å²) in [5, 5.41) is 20.8. The molecule has 4 aliphatic rings. The lowest BCUT2D eigenvalue weighted by molar-refractivity contribution is -0.0729. The Morgan fingerprint density at radius 3 is 2.52 bits per heavy atom. The summed E-state index contributed by atoms with van der Waals surface area (Å²) in [6.07, 6.45) is 3.12. The highest BCUT2D eigenvalue weighted by Crippen LogP contribution is 2.59. The third kappa shape index (κ3) is 4.01. The molecule has 0 spiro atoms. The van der Waals surface area contributed by atoms with E-state index in [4.69, 9.17) is 28.4 Å². The molecule has 4 aliphatic heterocycles. The predicted octanol–water partition coefficient (Wildman–Crippen LogP) is 4.27. The van der Waals surface area contributed by atoms with Crippen molar-refractivity contribution in [2.24, 2.45) is 0 Å². The van der Waals surface area contributed by atoms with Crippen LogP contribution in [0.3, 0.4) is 0 Å². The van der Waals surface area contributed by atoms with Gasteiger partial charge in [-0.25, -0.2) is 0 Å². The number of nitriles is 2. The van der Waals surface area contributed by atoms with Gasteiger partial charge in [0.1, 0.15) is 18.4 Å². The Balaban J connectivity index is 1.61. The molecule has 1 saturated heterocycles. The highest BCUT2D eigenvalue weighted by Gasteiger charge is 2.56. The lowest BCUT2D eigenvalue weighted by atomic mass is 9.71. The molecule has 1 fully saturated rings. The van der Waals surface area contributed by atoms with E-state index in [1.165, 1.54) is 0 Å². The van der Waals surface area contributed by atoms with E-state index >= 15 is 0 Å². The number of benzene rings is 2. The molecule has 6 rings (SSSR count). The maximum absolute atomic E-state index is 10.7. The molecule has 2 aromatic carbocycles. The minimum atomic E-state index is -0.460. The first-order valence-corrected chi connectivity index (χ1v) is 14.2. The number of hydrogen-bond acceptors (Lipinski definition) is 10. The maximum Gasteiger partial charge on any atom is 0.231 e. The van der Waals surface area contributed by atoms with Crippen LogP contribution < -0.4 is 23.7 Å². The number of rotatable bonds is 8. The zero-order chi connectivity index (χ0) is 29.7. The number of fused-ring (bicyclic) bond motifs is 9. The van der Waals surface area contributed by atoms with E-state index in [1.807, 2.05) is 13.8 Å². The number of ether oxygens (including phenoxy) is 6. The highest BCUT2D eigenvalue weighted by atomic mass is 16.7. The largest absolute Gasteiger partial charge is 0.493 e. The Labute approximate surface area is 246 Å². The van der Waals surface area contributed by atoms with Gasteiger partial charge in [-0.3, -0.25) is 9.80 Å². The smallest absolute Gasteiger partial charge is 0.231 e. The van der Waals surface area contributed by atoms with Gasteiger partial charge in [0.05, 0.1) is 37.8 Å². The van der Waals surface area contributed by atoms with E-state index in [0.717, 1.165) is 39.1 Å². The zero-order valence-corrected chi connectivity index (χ0v) is 24.7. The first-order valence-electron chi connectivity index (χ1n) is 14.2. The molecule has 0 radical (unpaired) electrons. The monoisotopic (exact) mass is 572 g/mol. The molecule has 0 amide bonds. The van der Waals surface area contributed by atoms with Crippen molar-refractivity contribution in [1.82, 2.24) is 9.80 Å². The fraction of sp³-hybridized carbons (Fsp3) is 0.500. The van der Waals surface area contributed by atoms with Crippen LogP contribution >= 0.6 is 0 Å². The number of nitrogens with zero attached hydrogens (tertiary/aromatic N) is 4. The number of hydrogen-bond donors (Lipinski definition) is 0. The number of piperazine rings is 1. The summed E-state index contributed by atoms with van der Waals surface area (Å²) in [4.78, 5) is 4.56. The third-order valence-corrected chi connectivity index (χ3v) is 9.20. The molecule has 2 bridgehead atoms. The second kappa shape index (κ2) is 11.0. The fourth-order valence-corrected chi connectivity index (χ4v) is 7.69. The lowest BCUT2D eigenvalue weighted by Crippen LogP contribution is -2.68.